The first-order valence-corrected chi connectivity index (χ1v) is 5.30. The Hall–Kier alpha value is -1.55. The molecule has 1 aromatic carbocycles. The van der Waals surface area contributed by atoms with Crippen LogP contribution in [0.25, 0.3) is 0 Å². The van der Waals surface area contributed by atoms with E-state index < -0.39 is 5.82 Å². The van der Waals surface area contributed by atoms with E-state index in [0.717, 1.165) is 4.88 Å². The molecular formula is C11H8FNOS. The van der Waals surface area contributed by atoms with Gasteiger partial charge in [-0.05, 0) is 12.1 Å². The third-order valence-corrected chi connectivity index (χ3v) is 2.77. The fourth-order valence-electron chi connectivity index (χ4n) is 1.27. The third kappa shape index (κ3) is 2.27. The maximum absolute atomic E-state index is 13.2. The van der Waals surface area contributed by atoms with Crippen molar-refractivity contribution < 1.29 is 9.18 Å². The van der Waals surface area contributed by atoms with Crippen LogP contribution < -0.4 is 0 Å². The summed E-state index contributed by atoms with van der Waals surface area (Å²) in [6.07, 6.45) is 1.84. The first-order valence-electron chi connectivity index (χ1n) is 4.42. The molecule has 0 saturated heterocycles. The molecule has 0 fully saturated rings. The first kappa shape index (κ1) is 9.98. The van der Waals surface area contributed by atoms with Crippen LogP contribution in [0.1, 0.15) is 15.2 Å². The van der Waals surface area contributed by atoms with E-state index in [0.29, 0.717) is 0 Å². The maximum Gasteiger partial charge on any atom is 0.171 e. The van der Waals surface area contributed by atoms with Crippen LogP contribution in [0.2, 0.25) is 0 Å². The number of aromatic nitrogens is 1. The molecule has 0 unspecified atom stereocenters. The van der Waals surface area contributed by atoms with Gasteiger partial charge in [-0.1, -0.05) is 12.1 Å². The molecule has 4 heteroatoms. The van der Waals surface area contributed by atoms with Gasteiger partial charge < -0.3 is 0 Å². The summed E-state index contributed by atoms with van der Waals surface area (Å²) in [4.78, 5) is 16.4. The van der Waals surface area contributed by atoms with Gasteiger partial charge in [-0.25, -0.2) is 4.39 Å². The number of carbonyl (C=O) groups excluding carboxylic acids is 1. The molecule has 0 aliphatic heterocycles. The maximum atomic E-state index is 13.2. The van der Waals surface area contributed by atoms with Gasteiger partial charge in [0.25, 0.3) is 0 Å². The monoisotopic (exact) mass is 221 g/mol. The van der Waals surface area contributed by atoms with E-state index in [-0.39, 0.29) is 17.8 Å². The highest BCUT2D eigenvalue weighted by Gasteiger charge is 2.11. The molecule has 0 spiro atoms. The van der Waals surface area contributed by atoms with E-state index in [2.05, 4.69) is 4.98 Å². The lowest BCUT2D eigenvalue weighted by Gasteiger charge is -1.99. The second-order valence-corrected chi connectivity index (χ2v) is 4.02. The molecule has 2 rings (SSSR count). The Balaban J connectivity index is 2.19. The smallest absolute Gasteiger partial charge is 0.171 e. The normalized spacial score (nSPS) is 10.2. The van der Waals surface area contributed by atoms with Crippen molar-refractivity contribution in [2.45, 2.75) is 6.42 Å². The molecule has 0 aliphatic carbocycles. The minimum atomic E-state index is -0.466. The Morgan fingerprint density at radius 3 is 2.87 bits per heavy atom. The average Bonchev–Trinajstić information content (AvgIpc) is 2.71. The van der Waals surface area contributed by atoms with Crippen molar-refractivity contribution in [1.82, 2.24) is 4.98 Å². The summed E-state index contributed by atoms with van der Waals surface area (Å²) >= 11 is 1.40. The second-order valence-electron chi connectivity index (χ2n) is 3.05. The lowest BCUT2D eigenvalue weighted by Crippen LogP contribution is -2.04. The largest absolute Gasteiger partial charge is 0.294 e. The van der Waals surface area contributed by atoms with Crippen LogP contribution in [-0.4, -0.2) is 10.8 Å². The Morgan fingerprint density at radius 1 is 1.40 bits per heavy atom. The molecule has 15 heavy (non-hydrogen) atoms. The average molecular weight is 221 g/mol. The summed E-state index contributed by atoms with van der Waals surface area (Å²) in [7, 11) is 0. The number of ketones is 1. The molecule has 0 radical (unpaired) electrons. The molecular weight excluding hydrogens is 213 g/mol. The van der Waals surface area contributed by atoms with Crippen LogP contribution >= 0.6 is 11.3 Å². The Morgan fingerprint density at radius 2 is 2.20 bits per heavy atom. The minimum Gasteiger partial charge on any atom is -0.294 e. The van der Waals surface area contributed by atoms with E-state index in [1.807, 2.05) is 0 Å². The van der Waals surface area contributed by atoms with Crippen molar-refractivity contribution >= 4 is 17.1 Å². The highest BCUT2D eigenvalue weighted by atomic mass is 32.1. The van der Waals surface area contributed by atoms with Gasteiger partial charge in [0, 0.05) is 17.5 Å². The van der Waals surface area contributed by atoms with E-state index in [1.54, 1.807) is 23.8 Å². The predicted octanol–water partition coefficient (Wildman–Crippen LogP) is 2.71. The SMILES string of the molecule is O=C(Cc1cncs1)c1ccccc1F. The molecule has 0 aliphatic rings. The first-order chi connectivity index (χ1) is 7.27. The van der Waals surface area contributed by atoms with E-state index >= 15 is 0 Å². The topological polar surface area (TPSA) is 30.0 Å². The Bertz CT molecular complexity index is 467. The van der Waals surface area contributed by atoms with Gasteiger partial charge in [-0.3, -0.25) is 9.78 Å². The number of thiazole rings is 1. The number of rotatable bonds is 3. The van der Waals surface area contributed by atoms with Gasteiger partial charge in [0.2, 0.25) is 0 Å². The summed E-state index contributed by atoms with van der Waals surface area (Å²) < 4.78 is 13.2. The number of nitrogens with zero attached hydrogens (tertiary/aromatic N) is 1. The molecule has 76 valence electrons. The lowest BCUT2D eigenvalue weighted by atomic mass is 10.1. The van der Waals surface area contributed by atoms with Gasteiger partial charge in [0.15, 0.2) is 5.78 Å². The van der Waals surface area contributed by atoms with Crippen LogP contribution in [0.5, 0.6) is 0 Å². The van der Waals surface area contributed by atoms with Crippen molar-refractivity contribution in [3.8, 4) is 0 Å². The van der Waals surface area contributed by atoms with Crippen LogP contribution in [0.4, 0.5) is 4.39 Å². The fraction of sp³-hybridized carbons (Fsp3) is 0.0909. The Kier molecular flexibility index (Phi) is 2.87. The van der Waals surface area contributed by atoms with Gasteiger partial charge in [0.1, 0.15) is 5.82 Å². The zero-order chi connectivity index (χ0) is 10.7. The molecule has 0 saturated carbocycles. The number of hydrogen-bond acceptors (Lipinski definition) is 3. The van der Waals surface area contributed by atoms with Gasteiger partial charge in [-0.2, -0.15) is 0 Å². The quantitative estimate of drug-likeness (QED) is 0.746. The summed E-state index contributed by atoms with van der Waals surface area (Å²) in [6, 6.07) is 6.01. The second kappa shape index (κ2) is 4.31. The molecule has 2 nitrogen and oxygen atoms in total. The van der Waals surface area contributed by atoms with Crippen molar-refractivity contribution in [3.63, 3.8) is 0 Å². The third-order valence-electron chi connectivity index (χ3n) is 1.99. The van der Waals surface area contributed by atoms with E-state index in [9.17, 15) is 9.18 Å². The highest BCUT2D eigenvalue weighted by Crippen LogP contribution is 2.13. The van der Waals surface area contributed by atoms with Crippen molar-refractivity contribution in [2.75, 3.05) is 0 Å². The number of Topliss-reactive ketones (excluding diaryl/α,β-unsaturated/α-hetero) is 1. The van der Waals surface area contributed by atoms with Crippen LogP contribution in [0.15, 0.2) is 36.0 Å². The summed E-state index contributed by atoms with van der Waals surface area (Å²) in [5.41, 5.74) is 1.80. The molecule has 0 amide bonds. The fourth-order valence-corrected chi connectivity index (χ4v) is 1.86. The highest BCUT2D eigenvalue weighted by molar-refractivity contribution is 7.09. The van der Waals surface area contributed by atoms with Gasteiger partial charge in [-0.15, -0.1) is 11.3 Å². The van der Waals surface area contributed by atoms with Crippen molar-refractivity contribution in [3.05, 3.63) is 52.2 Å². The standard InChI is InChI=1S/C11H8FNOS/c12-10-4-2-1-3-9(10)11(14)5-8-6-13-7-15-8/h1-4,6-7H,5H2. The molecule has 1 heterocycles. The number of hydrogen-bond donors (Lipinski definition) is 0. The molecule has 2 aromatic rings. The summed E-state index contributed by atoms with van der Waals surface area (Å²) in [5, 5.41) is 0. The number of benzene rings is 1. The van der Waals surface area contributed by atoms with Crippen molar-refractivity contribution in [1.29, 1.82) is 0 Å². The van der Waals surface area contributed by atoms with Crippen molar-refractivity contribution in [2.24, 2.45) is 0 Å². The Labute approximate surface area is 90.4 Å². The molecule has 0 bridgehead atoms. The molecule has 0 atom stereocenters. The number of carbonyl (C=O) groups is 1. The lowest BCUT2D eigenvalue weighted by molar-refractivity contribution is 0.0990. The summed E-state index contributed by atoms with van der Waals surface area (Å²) in [6.45, 7) is 0. The van der Waals surface area contributed by atoms with E-state index in [4.69, 9.17) is 0 Å². The van der Waals surface area contributed by atoms with Crippen LogP contribution in [-0.2, 0) is 6.42 Å². The molecule has 0 N–H and O–H groups in total. The zero-order valence-electron chi connectivity index (χ0n) is 7.81. The molecule has 1 aromatic heterocycles. The predicted molar refractivity (Wildman–Crippen MR) is 56.5 cm³/mol. The summed E-state index contributed by atoms with van der Waals surface area (Å²) in [5.74, 6) is -0.677. The zero-order valence-corrected chi connectivity index (χ0v) is 8.63. The van der Waals surface area contributed by atoms with Gasteiger partial charge in [0.05, 0.1) is 11.1 Å². The van der Waals surface area contributed by atoms with Gasteiger partial charge >= 0.3 is 0 Å². The van der Waals surface area contributed by atoms with Crippen LogP contribution in [0, 0.1) is 5.82 Å². The van der Waals surface area contributed by atoms with E-state index in [1.165, 1.54) is 23.5 Å². The number of halogens is 1. The minimum absolute atomic E-state index is 0.144. The van der Waals surface area contributed by atoms with Crippen LogP contribution in [0.3, 0.4) is 0 Å².